The maximum Gasteiger partial charge on any atom is 0.266 e. The lowest BCUT2D eigenvalue weighted by Crippen LogP contribution is -2.34. The Kier molecular flexibility index (Phi) is 6.83. The van der Waals surface area contributed by atoms with Gasteiger partial charge in [-0.3, -0.25) is 14.5 Å². The molecule has 0 bridgehead atoms. The van der Waals surface area contributed by atoms with Crippen LogP contribution in [0.1, 0.15) is 17.7 Å². The summed E-state index contributed by atoms with van der Waals surface area (Å²) in [7, 11) is 1.60. The van der Waals surface area contributed by atoms with Gasteiger partial charge in [-0.2, -0.15) is 0 Å². The molecular weight excluding hydrogens is 396 g/mol. The van der Waals surface area contributed by atoms with Gasteiger partial charge in [0.05, 0.1) is 18.3 Å². The molecule has 0 spiro atoms. The standard InChI is InChI=1S/C19H20N4O3S2/c1-26-15-4-2-13(3-5-15)10-16-18(25)23(19(27)28-16)9-7-17(24)21-8-6-14-11-20-12-22-14/h2-5,10-12H,6-9H2,1H3,(H,20,22)(H,21,24). The largest absolute Gasteiger partial charge is 0.497 e. The normalized spacial score (nSPS) is 15.3. The molecule has 1 aromatic heterocycles. The van der Waals surface area contributed by atoms with Crippen LogP contribution in [0.2, 0.25) is 0 Å². The topological polar surface area (TPSA) is 87.3 Å². The summed E-state index contributed by atoms with van der Waals surface area (Å²) >= 11 is 6.56. The summed E-state index contributed by atoms with van der Waals surface area (Å²) < 4.78 is 5.60. The average Bonchev–Trinajstić information content (AvgIpc) is 3.30. The number of nitrogens with zero attached hydrogens (tertiary/aromatic N) is 2. The second-order valence-corrected chi connectivity index (χ2v) is 7.71. The molecule has 7 nitrogen and oxygen atoms in total. The summed E-state index contributed by atoms with van der Waals surface area (Å²) in [5, 5.41) is 2.84. The quantitative estimate of drug-likeness (QED) is 0.508. The molecule has 1 aliphatic rings. The summed E-state index contributed by atoms with van der Waals surface area (Å²) in [5.41, 5.74) is 1.85. The fourth-order valence-electron chi connectivity index (χ4n) is 2.60. The highest BCUT2D eigenvalue weighted by Gasteiger charge is 2.32. The molecular formula is C19H20N4O3S2. The number of thiocarbonyl (C=S) groups is 1. The minimum Gasteiger partial charge on any atom is -0.497 e. The molecule has 146 valence electrons. The van der Waals surface area contributed by atoms with E-state index in [1.54, 1.807) is 25.7 Å². The molecule has 3 rings (SSSR count). The van der Waals surface area contributed by atoms with E-state index in [1.807, 2.05) is 24.3 Å². The molecule has 0 radical (unpaired) electrons. The fraction of sp³-hybridized carbons (Fsp3) is 0.263. The van der Waals surface area contributed by atoms with Crippen molar-refractivity contribution in [2.45, 2.75) is 12.8 Å². The van der Waals surface area contributed by atoms with Crippen molar-refractivity contribution < 1.29 is 14.3 Å². The van der Waals surface area contributed by atoms with Crippen LogP contribution >= 0.6 is 24.0 Å². The van der Waals surface area contributed by atoms with Crippen LogP contribution in [0.25, 0.3) is 6.08 Å². The van der Waals surface area contributed by atoms with Gasteiger partial charge in [-0.05, 0) is 23.8 Å². The molecule has 2 amide bonds. The summed E-state index contributed by atoms with van der Waals surface area (Å²) in [5.74, 6) is 0.465. The van der Waals surface area contributed by atoms with Crippen LogP contribution in [-0.4, -0.2) is 51.2 Å². The predicted molar refractivity (Wildman–Crippen MR) is 113 cm³/mol. The van der Waals surface area contributed by atoms with Crippen molar-refractivity contribution in [2.24, 2.45) is 0 Å². The van der Waals surface area contributed by atoms with Gasteiger partial charge in [-0.25, -0.2) is 4.98 Å². The molecule has 1 aromatic carbocycles. The van der Waals surface area contributed by atoms with E-state index in [-0.39, 0.29) is 24.8 Å². The smallest absolute Gasteiger partial charge is 0.266 e. The van der Waals surface area contributed by atoms with Gasteiger partial charge in [-0.15, -0.1) is 0 Å². The van der Waals surface area contributed by atoms with Crippen molar-refractivity contribution in [1.29, 1.82) is 0 Å². The Balaban J connectivity index is 1.50. The minimum absolute atomic E-state index is 0.118. The highest BCUT2D eigenvalue weighted by Crippen LogP contribution is 2.32. The van der Waals surface area contributed by atoms with Crippen molar-refractivity contribution in [1.82, 2.24) is 20.2 Å². The summed E-state index contributed by atoms with van der Waals surface area (Å²) in [6.45, 7) is 0.775. The van der Waals surface area contributed by atoms with Crippen LogP contribution in [0.15, 0.2) is 41.7 Å². The molecule has 1 aliphatic heterocycles. The molecule has 0 unspecified atom stereocenters. The van der Waals surface area contributed by atoms with Crippen LogP contribution < -0.4 is 10.1 Å². The Morgan fingerprint density at radius 3 is 2.86 bits per heavy atom. The number of benzene rings is 1. The van der Waals surface area contributed by atoms with Gasteiger partial charge in [0.2, 0.25) is 5.91 Å². The van der Waals surface area contributed by atoms with Gasteiger partial charge in [0.1, 0.15) is 10.1 Å². The minimum atomic E-state index is -0.170. The van der Waals surface area contributed by atoms with E-state index in [0.29, 0.717) is 22.2 Å². The van der Waals surface area contributed by atoms with Crippen molar-refractivity contribution in [2.75, 3.05) is 20.2 Å². The summed E-state index contributed by atoms with van der Waals surface area (Å²) in [4.78, 5) is 33.6. The molecule has 28 heavy (non-hydrogen) atoms. The van der Waals surface area contributed by atoms with E-state index in [1.165, 1.54) is 16.7 Å². The molecule has 0 aliphatic carbocycles. The average molecular weight is 417 g/mol. The van der Waals surface area contributed by atoms with E-state index in [4.69, 9.17) is 17.0 Å². The number of hydrogen-bond acceptors (Lipinski definition) is 6. The molecule has 1 saturated heterocycles. The Bertz CT molecular complexity index is 879. The van der Waals surface area contributed by atoms with E-state index in [9.17, 15) is 9.59 Å². The van der Waals surface area contributed by atoms with E-state index in [0.717, 1.165) is 17.0 Å². The Hall–Kier alpha value is -2.65. The molecule has 0 atom stereocenters. The number of carbonyl (C=O) groups is 2. The van der Waals surface area contributed by atoms with Gasteiger partial charge >= 0.3 is 0 Å². The molecule has 0 saturated carbocycles. The Morgan fingerprint density at radius 1 is 1.39 bits per heavy atom. The SMILES string of the molecule is COc1ccc(C=C2SC(=S)N(CCC(=O)NCCc3cnc[nH]3)C2=O)cc1. The number of imidazole rings is 1. The number of methoxy groups -OCH3 is 1. The first-order valence-corrected chi connectivity index (χ1v) is 9.92. The number of amides is 2. The third-order valence-corrected chi connectivity index (χ3v) is 5.50. The third kappa shape index (κ3) is 5.20. The first-order chi connectivity index (χ1) is 13.6. The lowest BCUT2D eigenvalue weighted by Gasteiger charge is -2.14. The zero-order chi connectivity index (χ0) is 19.9. The van der Waals surface area contributed by atoms with Crippen molar-refractivity contribution in [3.8, 4) is 5.75 Å². The van der Waals surface area contributed by atoms with E-state index < -0.39 is 0 Å². The highest BCUT2D eigenvalue weighted by molar-refractivity contribution is 8.26. The number of hydrogen-bond donors (Lipinski definition) is 2. The van der Waals surface area contributed by atoms with Gasteiger partial charge in [0.15, 0.2) is 0 Å². The van der Waals surface area contributed by atoms with Crippen molar-refractivity contribution >= 4 is 46.2 Å². The second kappa shape index (κ2) is 9.52. The number of H-pyrrole nitrogens is 1. The monoisotopic (exact) mass is 416 g/mol. The summed E-state index contributed by atoms with van der Waals surface area (Å²) in [6, 6.07) is 7.41. The zero-order valence-corrected chi connectivity index (χ0v) is 16.9. The maximum absolute atomic E-state index is 12.6. The molecule has 2 N–H and O–H groups in total. The fourth-order valence-corrected chi connectivity index (χ4v) is 3.91. The Labute approximate surface area is 172 Å². The van der Waals surface area contributed by atoms with Gasteiger partial charge in [0.25, 0.3) is 5.91 Å². The molecule has 9 heteroatoms. The number of nitrogens with one attached hydrogen (secondary N) is 2. The third-order valence-electron chi connectivity index (χ3n) is 4.12. The number of thioether (sulfide) groups is 1. The molecule has 2 aromatic rings. The van der Waals surface area contributed by atoms with Crippen LogP contribution in [0, 0.1) is 0 Å². The number of aromatic nitrogens is 2. The van der Waals surface area contributed by atoms with Gasteiger partial charge in [0, 0.05) is 37.8 Å². The zero-order valence-electron chi connectivity index (χ0n) is 15.3. The predicted octanol–water partition coefficient (Wildman–Crippen LogP) is 2.37. The molecule has 2 heterocycles. The maximum atomic E-state index is 12.6. The van der Waals surface area contributed by atoms with Gasteiger partial charge in [-0.1, -0.05) is 36.1 Å². The van der Waals surface area contributed by atoms with Crippen LogP contribution in [-0.2, 0) is 16.0 Å². The first-order valence-electron chi connectivity index (χ1n) is 8.70. The van der Waals surface area contributed by atoms with E-state index in [2.05, 4.69) is 15.3 Å². The first kappa shape index (κ1) is 20.1. The van der Waals surface area contributed by atoms with E-state index >= 15 is 0 Å². The van der Waals surface area contributed by atoms with Gasteiger partial charge < -0.3 is 15.0 Å². The van der Waals surface area contributed by atoms with Crippen LogP contribution in [0.5, 0.6) is 5.75 Å². The number of aromatic amines is 1. The lowest BCUT2D eigenvalue weighted by molar-refractivity contribution is -0.123. The summed E-state index contributed by atoms with van der Waals surface area (Å²) in [6.07, 6.45) is 6.00. The number of ether oxygens (including phenoxy) is 1. The van der Waals surface area contributed by atoms with Crippen LogP contribution in [0.3, 0.4) is 0 Å². The highest BCUT2D eigenvalue weighted by atomic mass is 32.2. The molecule has 1 fully saturated rings. The van der Waals surface area contributed by atoms with Crippen LogP contribution in [0.4, 0.5) is 0 Å². The number of carbonyl (C=O) groups excluding carboxylic acids is 2. The van der Waals surface area contributed by atoms with Crippen molar-refractivity contribution in [3.05, 3.63) is 53.0 Å². The van der Waals surface area contributed by atoms with Crippen molar-refractivity contribution in [3.63, 3.8) is 0 Å². The Morgan fingerprint density at radius 2 is 2.18 bits per heavy atom. The second-order valence-electron chi connectivity index (χ2n) is 6.03. The number of rotatable bonds is 8. The lowest BCUT2D eigenvalue weighted by atomic mass is 10.2.